The highest BCUT2D eigenvalue weighted by Crippen LogP contribution is 2.40. The van der Waals surface area contributed by atoms with Crippen molar-refractivity contribution in [3.05, 3.63) is 84.5 Å². The first-order chi connectivity index (χ1) is 14.7. The van der Waals surface area contributed by atoms with Gasteiger partial charge in [-0.3, -0.25) is 0 Å². The summed E-state index contributed by atoms with van der Waals surface area (Å²) in [5.74, 6) is 0.375. The summed E-state index contributed by atoms with van der Waals surface area (Å²) in [4.78, 5) is 0. The smallest absolute Gasteiger partial charge is 0.261 e. The summed E-state index contributed by atoms with van der Waals surface area (Å²) in [6.45, 7) is 13.4. The molecule has 0 saturated carbocycles. The number of hydrogen-bond acceptors (Lipinski definition) is 2. The van der Waals surface area contributed by atoms with Gasteiger partial charge in [-0.1, -0.05) is 112 Å². The highest BCUT2D eigenvalue weighted by Gasteiger charge is 2.52. The Labute approximate surface area is 189 Å². The molecule has 0 radical (unpaired) electrons. The summed E-state index contributed by atoms with van der Waals surface area (Å²) in [6.07, 6.45) is 6.70. The lowest BCUT2D eigenvalue weighted by molar-refractivity contribution is 0.0499. The zero-order valence-electron chi connectivity index (χ0n) is 19.9. The van der Waals surface area contributed by atoms with Gasteiger partial charge < -0.3 is 9.53 Å². The summed E-state index contributed by atoms with van der Waals surface area (Å²) in [5, 5.41) is 13.2. The lowest BCUT2D eigenvalue weighted by Gasteiger charge is -2.47. The Bertz CT molecular complexity index is 852. The van der Waals surface area contributed by atoms with E-state index >= 15 is 0 Å². The van der Waals surface area contributed by atoms with Gasteiger partial charge in [0, 0.05) is 0 Å². The average Bonchev–Trinajstić information content (AvgIpc) is 2.73. The summed E-state index contributed by atoms with van der Waals surface area (Å²) >= 11 is 0. The molecule has 2 nitrogen and oxygen atoms in total. The molecule has 3 rings (SSSR count). The van der Waals surface area contributed by atoms with E-state index in [4.69, 9.17) is 4.43 Å². The number of aliphatic hydroxyl groups excluding tert-OH is 1. The van der Waals surface area contributed by atoms with Crippen LogP contribution in [0.3, 0.4) is 0 Å². The zero-order chi connectivity index (χ0) is 22.6. The number of allylic oxidation sites excluding steroid dienone is 2. The second-order valence-corrected chi connectivity index (χ2v) is 14.4. The van der Waals surface area contributed by atoms with Gasteiger partial charge in [-0.2, -0.15) is 0 Å². The van der Waals surface area contributed by atoms with Crippen molar-refractivity contribution in [3.8, 4) is 0 Å². The summed E-state index contributed by atoms with van der Waals surface area (Å²) in [7, 11) is -2.62. The van der Waals surface area contributed by atoms with Crippen LogP contribution in [0.15, 0.2) is 84.5 Å². The zero-order valence-corrected chi connectivity index (χ0v) is 20.9. The first kappa shape index (κ1) is 23.7. The first-order valence-electron chi connectivity index (χ1n) is 11.5. The molecule has 166 valence electrons. The minimum Gasteiger partial charge on any atom is -0.401 e. The molecule has 0 aliphatic heterocycles. The van der Waals surface area contributed by atoms with Crippen LogP contribution in [0, 0.1) is 11.8 Å². The first-order valence-corrected chi connectivity index (χ1v) is 13.4. The van der Waals surface area contributed by atoms with E-state index in [1.807, 2.05) is 6.08 Å². The van der Waals surface area contributed by atoms with Gasteiger partial charge in [-0.25, -0.2) is 0 Å². The van der Waals surface area contributed by atoms with E-state index in [-0.39, 0.29) is 23.0 Å². The molecule has 0 saturated heterocycles. The van der Waals surface area contributed by atoms with E-state index in [9.17, 15) is 5.11 Å². The number of benzene rings is 2. The fourth-order valence-corrected chi connectivity index (χ4v) is 9.58. The molecule has 1 aliphatic rings. The van der Waals surface area contributed by atoms with Gasteiger partial charge in [0.05, 0.1) is 12.2 Å². The third kappa shape index (κ3) is 4.95. The Morgan fingerprint density at radius 1 is 0.935 bits per heavy atom. The fraction of sp³-hybridized carbons (Fsp3) is 0.429. The van der Waals surface area contributed by atoms with Crippen molar-refractivity contribution in [3.63, 3.8) is 0 Å². The lowest BCUT2D eigenvalue weighted by atomic mass is 9.78. The van der Waals surface area contributed by atoms with Crippen molar-refractivity contribution < 1.29 is 9.53 Å². The predicted molar refractivity (Wildman–Crippen MR) is 134 cm³/mol. The quantitative estimate of drug-likeness (QED) is 0.482. The van der Waals surface area contributed by atoms with Gasteiger partial charge in [0.25, 0.3) is 8.32 Å². The van der Waals surface area contributed by atoms with E-state index in [0.29, 0.717) is 0 Å². The molecule has 1 aliphatic carbocycles. The van der Waals surface area contributed by atoms with Crippen LogP contribution in [0.4, 0.5) is 0 Å². The maximum absolute atomic E-state index is 10.7. The number of hydrogen-bond donors (Lipinski definition) is 1. The molecule has 0 spiro atoms. The predicted octanol–water partition coefficient (Wildman–Crippen LogP) is 5.47. The van der Waals surface area contributed by atoms with Gasteiger partial charge >= 0.3 is 0 Å². The molecule has 3 heteroatoms. The van der Waals surface area contributed by atoms with Gasteiger partial charge in [0.2, 0.25) is 0 Å². The highest BCUT2D eigenvalue weighted by molar-refractivity contribution is 6.99. The topological polar surface area (TPSA) is 29.5 Å². The van der Waals surface area contributed by atoms with Crippen LogP contribution < -0.4 is 10.4 Å². The standard InChI is InChI=1S/C28H38O2Si/c1-21(2)17-18-25-22(3)27(20-19-26(25)29)30-31(28(4,5)6,23-13-9-7-10-14-23)24-15-11-8-12-16-24/h7-17,19-20,22,25-27,29H,18H2,1-6H3. The van der Waals surface area contributed by atoms with E-state index in [1.165, 1.54) is 15.9 Å². The van der Waals surface area contributed by atoms with E-state index in [1.54, 1.807) is 0 Å². The average molecular weight is 435 g/mol. The van der Waals surface area contributed by atoms with Gasteiger partial charge in [-0.05, 0) is 47.5 Å². The Kier molecular flexibility index (Phi) is 7.41. The minimum atomic E-state index is -2.62. The van der Waals surface area contributed by atoms with Gasteiger partial charge in [0.15, 0.2) is 0 Å². The monoisotopic (exact) mass is 434 g/mol. The molecule has 31 heavy (non-hydrogen) atoms. The van der Waals surface area contributed by atoms with Crippen molar-refractivity contribution in [2.24, 2.45) is 11.8 Å². The van der Waals surface area contributed by atoms with Crippen molar-refractivity contribution in [2.75, 3.05) is 0 Å². The van der Waals surface area contributed by atoms with Crippen LogP contribution in [0.5, 0.6) is 0 Å². The third-order valence-corrected chi connectivity index (χ3v) is 11.7. The molecule has 4 atom stereocenters. The third-order valence-electron chi connectivity index (χ3n) is 6.66. The van der Waals surface area contributed by atoms with Crippen LogP contribution in [0.25, 0.3) is 0 Å². The molecule has 1 N–H and O–H groups in total. The lowest BCUT2D eigenvalue weighted by Crippen LogP contribution is -2.68. The SMILES string of the molecule is CC(C)=CCC1C(O)C=CC(O[Si](c2ccccc2)(c2ccccc2)C(C)(C)C)C1C. The largest absolute Gasteiger partial charge is 0.401 e. The van der Waals surface area contributed by atoms with E-state index < -0.39 is 14.4 Å². The van der Waals surface area contributed by atoms with Crippen LogP contribution in [-0.4, -0.2) is 25.6 Å². The van der Waals surface area contributed by atoms with Gasteiger partial charge in [0.1, 0.15) is 0 Å². The van der Waals surface area contributed by atoms with Crippen molar-refractivity contribution >= 4 is 18.7 Å². The second-order valence-electron chi connectivity index (χ2n) is 10.2. The molecule has 2 aromatic carbocycles. The van der Waals surface area contributed by atoms with Crippen LogP contribution in [0.2, 0.25) is 5.04 Å². The summed E-state index contributed by atoms with van der Waals surface area (Å²) in [6, 6.07) is 21.6. The van der Waals surface area contributed by atoms with Gasteiger partial charge in [-0.15, -0.1) is 0 Å². The van der Waals surface area contributed by atoms with Crippen molar-refractivity contribution in [1.82, 2.24) is 0 Å². The molecule has 2 aromatic rings. The molecule has 0 amide bonds. The van der Waals surface area contributed by atoms with Crippen LogP contribution >= 0.6 is 0 Å². The summed E-state index contributed by atoms with van der Waals surface area (Å²) < 4.78 is 7.33. The molecule has 0 aromatic heterocycles. The molecular formula is C28H38O2Si. The molecular weight excluding hydrogens is 396 g/mol. The Morgan fingerprint density at radius 3 is 1.90 bits per heavy atom. The van der Waals surface area contributed by atoms with Crippen LogP contribution in [-0.2, 0) is 4.43 Å². The molecule has 4 unspecified atom stereocenters. The highest BCUT2D eigenvalue weighted by atomic mass is 28.4. The normalized spacial score (nSPS) is 24.1. The van der Waals surface area contributed by atoms with Crippen molar-refractivity contribution in [1.29, 1.82) is 0 Å². The van der Waals surface area contributed by atoms with Crippen LogP contribution in [0.1, 0.15) is 48.0 Å². The molecule has 0 heterocycles. The Morgan fingerprint density at radius 2 is 1.45 bits per heavy atom. The number of rotatable bonds is 6. The second kappa shape index (κ2) is 9.68. The van der Waals surface area contributed by atoms with E-state index in [2.05, 4.69) is 114 Å². The van der Waals surface area contributed by atoms with Crippen molar-refractivity contribution in [2.45, 2.75) is 65.2 Å². The summed E-state index contributed by atoms with van der Waals surface area (Å²) in [5.41, 5.74) is 1.29. The maximum atomic E-state index is 10.7. The van der Waals surface area contributed by atoms with E-state index in [0.717, 1.165) is 6.42 Å². The molecule has 0 bridgehead atoms. The molecule has 0 fully saturated rings. The number of aliphatic hydroxyl groups is 1. The Hall–Kier alpha value is -1.94. The maximum Gasteiger partial charge on any atom is 0.261 e. The Balaban J connectivity index is 2.09. The fourth-order valence-electron chi connectivity index (χ4n) is 4.86. The minimum absolute atomic E-state index is 0.0368.